The molecule has 134 valence electrons. The summed E-state index contributed by atoms with van der Waals surface area (Å²) in [7, 11) is 0. The average molecular weight is 374 g/mol. The van der Waals surface area contributed by atoms with Gasteiger partial charge in [-0.2, -0.15) is 5.10 Å². The molecule has 0 saturated carbocycles. The zero-order chi connectivity index (χ0) is 18.5. The number of benzene rings is 2. The molecule has 7 heteroatoms. The summed E-state index contributed by atoms with van der Waals surface area (Å²) in [6.07, 6.45) is 1.61. The Morgan fingerprint density at radius 1 is 1.19 bits per heavy atom. The Labute approximate surface area is 155 Å². The van der Waals surface area contributed by atoms with Crippen LogP contribution in [0.3, 0.4) is 0 Å². The van der Waals surface area contributed by atoms with E-state index in [0.29, 0.717) is 29.5 Å². The zero-order valence-corrected chi connectivity index (χ0v) is 14.8. The van der Waals surface area contributed by atoms with Crippen LogP contribution in [0.2, 0.25) is 5.02 Å². The molecule has 0 saturated heterocycles. The van der Waals surface area contributed by atoms with Crippen molar-refractivity contribution < 1.29 is 13.9 Å². The van der Waals surface area contributed by atoms with Crippen molar-refractivity contribution in [2.75, 3.05) is 11.9 Å². The van der Waals surface area contributed by atoms with Crippen molar-refractivity contribution in [2.24, 2.45) is 0 Å². The van der Waals surface area contributed by atoms with E-state index in [9.17, 15) is 9.18 Å². The van der Waals surface area contributed by atoms with Gasteiger partial charge in [-0.05, 0) is 48.9 Å². The number of rotatable bonds is 6. The van der Waals surface area contributed by atoms with Crippen LogP contribution < -0.4 is 10.1 Å². The number of carbonyl (C=O) groups is 1. The summed E-state index contributed by atoms with van der Waals surface area (Å²) in [6.45, 7) is 2.87. The molecule has 1 heterocycles. The monoisotopic (exact) mass is 373 g/mol. The van der Waals surface area contributed by atoms with E-state index in [2.05, 4.69) is 10.4 Å². The van der Waals surface area contributed by atoms with Gasteiger partial charge in [0.1, 0.15) is 16.6 Å². The van der Waals surface area contributed by atoms with Gasteiger partial charge in [0.2, 0.25) is 0 Å². The van der Waals surface area contributed by atoms with E-state index in [1.165, 1.54) is 12.1 Å². The zero-order valence-electron chi connectivity index (χ0n) is 14.1. The predicted octanol–water partition coefficient (Wildman–Crippen LogP) is 4.37. The molecule has 0 bridgehead atoms. The normalized spacial score (nSPS) is 10.6. The van der Waals surface area contributed by atoms with E-state index in [-0.39, 0.29) is 17.5 Å². The lowest BCUT2D eigenvalue weighted by atomic mass is 10.2. The standard InChI is InChI=1S/C19H17ClFN3O2/c1-2-26-16-9-5-14(6-10-16)19(25)22-18-17(20)12-24(23-18)11-13-3-7-15(21)8-4-13/h3-10,12H,2,11H2,1H3,(H,22,23,25). The predicted molar refractivity (Wildman–Crippen MR) is 98.3 cm³/mol. The molecule has 3 rings (SSSR count). The largest absolute Gasteiger partial charge is 0.494 e. The minimum absolute atomic E-state index is 0.271. The Morgan fingerprint density at radius 2 is 1.88 bits per heavy atom. The van der Waals surface area contributed by atoms with Gasteiger partial charge in [-0.3, -0.25) is 9.48 Å². The highest BCUT2D eigenvalue weighted by molar-refractivity contribution is 6.33. The molecular formula is C19H17ClFN3O2. The molecule has 2 aromatic carbocycles. The van der Waals surface area contributed by atoms with Crippen LogP contribution in [0.1, 0.15) is 22.8 Å². The minimum atomic E-state index is -0.318. The number of ether oxygens (including phenoxy) is 1. The number of hydrogen-bond acceptors (Lipinski definition) is 3. The van der Waals surface area contributed by atoms with Gasteiger partial charge in [-0.1, -0.05) is 23.7 Å². The molecular weight excluding hydrogens is 357 g/mol. The molecule has 1 amide bonds. The van der Waals surface area contributed by atoms with E-state index in [1.54, 1.807) is 47.3 Å². The summed E-state index contributed by atoms with van der Waals surface area (Å²) in [4.78, 5) is 12.3. The second-order valence-electron chi connectivity index (χ2n) is 5.56. The fraction of sp³-hybridized carbons (Fsp3) is 0.158. The van der Waals surface area contributed by atoms with Gasteiger partial charge in [-0.15, -0.1) is 0 Å². The maximum Gasteiger partial charge on any atom is 0.256 e. The molecule has 1 N–H and O–H groups in total. The summed E-state index contributed by atoms with van der Waals surface area (Å²) in [6, 6.07) is 12.9. The van der Waals surface area contributed by atoms with Crippen LogP contribution in [-0.2, 0) is 6.54 Å². The molecule has 0 atom stereocenters. The van der Waals surface area contributed by atoms with Crippen LogP contribution >= 0.6 is 11.6 Å². The first-order valence-corrected chi connectivity index (χ1v) is 8.44. The first kappa shape index (κ1) is 17.9. The minimum Gasteiger partial charge on any atom is -0.494 e. The highest BCUT2D eigenvalue weighted by Crippen LogP contribution is 2.21. The maximum atomic E-state index is 13.0. The summed E-state index contributed by atoms with van der Waals surface area (Å²) in [5.74, 6) is 0.357. The van der Waals surface area contributed by atoms with E-state index in [1.807, 2.05) is 6.92 Å². The van der Waals surface area contributed by atoms with Crippen LogP contribution in [0, 0.1) is 5.82 Å². The molecule has 0 unspecified atom stereocenters. The van der Waals surface area contributed by atoms with Crippen molar-refractivity contribution in [1.29, 1.82) is 0 Å². The lowest BCUT2D eigenvalue weighted by molar-refractivity contribution is 0.102. The highest BCUT2D eigenvalue weighted by Gasteiger charge is 2.13. The fourth-order valence-corrected chi connectivity index (χ4v) is 2.59. The second kappa shape index (κ2) is 8.01. The van der Waals surface area contributed by atoms with Crippen LogP contribution in [0.15, 0.2) is 54.7 Å². The summed E-state index contributed by atoms with van der Waals surface area (Å²) >= 11 is 6.16. The molecule has 0 fully saturated rings. The number of carbonyl (C=O) groups excluding carboxylic acids is 1. The van der Waals surface area contributed by atoms with Crippen molar-refractivity contribution in [3.8, 4) is 5.75 Å². The molecule has 1 aromatic heterocycles. The first-order chi connectivity index (χ1) is 12.5. The van der Waals surface area contributed by atoms with Crippen LogP contribution in [0.25, 0.3) is 0 Å². The molecule has 0 radical (unpaired) electrons. The van der Waals surface area contributed by atoms with Gasteiger partial charge in [-0.25, -0.2) is 4.39 Å². The van der Waals surface area contributed by atoms with Crippen LogP contribution in [0.4, 0.5) is 10.2 Å². The molecule has 5 nitrogen and oxygen atoms in total. The summed E-state index contributed by atoms with van der Waals surface area (Å²) in [5, 5.41) is 7.29. The maximum absolute atomic E-state index is 13.0. The third-order valence-electron chi connectivity index (χ3n) is 3.63. The SMILES string of the molecule is CCOc1ccc(C(=O)Nc2nn(Cc3ccc(F)cc3)cc2Cl)cc1. The van der Waals surface area contributed by atoms with Gasteiger partial charge in [0.05, 0.1) is 13.2 Å². The molecule has 0 aliphatic heterocycles. The first-order valence-electron chi connectivity index (χ1n) is 8.06. The summed E-state index contributed by atoms with van der Waals surface area (Å²) in [5.41, 5.74) is 1.34. The van der Waals surface area contributed by atoms with E-state index in [4.69, 9.17) is 16.3 Å². The number of anilines is 1. The number of halogens is 2. The Morgan fingerprint density at radius 3 is 2.54 bits per heavy atom. The molecule has 0 spiro atoms. The van der Waals surface area contributed by atoms with Gasteiger partial charge in [0.15, 0.2) is 5.82 Å². The van der Waals surface area contributed by atoms with Crippen LogP contribution in [0.5, 0.6) is 5.75 Å². The van der Waals surface area contributed by atoms with Crippen molar-refractivity contribution in [3.63, 3.8) is 0 Å². The van der Waals surface area contributed by atoms with Gasteiger partial charge in [0.25, 0.3) is 5.91 Å². The van der Waals surface area contributed by atoms with Crippen molar-refractivity contribution in [2.45, 2.75) is 13.5 Å². The Hall–Kier alpha value is -2.86. The van der Waals surface area contributed by atoms with E-state index < -0.39 is 0 Å². The topological polar surface area (TPSA) is 56.1 Å². The smallest absolute Gasteiger partial charge is 0.256 e. The molecule has 3 aromatic rings. The van der Waals surface area contributed by atoms with Gasteiger partial charge < -0.3 is 10.1 Å². The quantitative estimate of drug-likeness (QED) is 0.697. The molecule has 0 aliphatic carbocycles. The Bertz CT molecular complexity index is 892. The van der Waals surface area contributed by atoms with Crippen molar-refractivity contribution >= 4 is 23.3 Å². The van der Waals surface area contributed by atoms with E-state index in [0.717, 1.165) is 5.56 Å². The fourth-order valence-electron chi connectivity index (χ4n) is 2.39. The average Bonchev–Trinajstić information content (AvgIpc) is 2.97. The summed E-state index contributed by atoms with van der Waals surface area (Å²) < 4.78 is 19.9. The third-order valence-corrected chi connectivity index (χ3v) is 3.91. The lowest BCUT2D eigenvalue weighted by Crippen LogP contribution is -2.13. The molecule has 0 aliphatic rings. The lowest BCUT2D eigenvalue weighted by Gasteiger charge is -2.05. The van der Waals surface area contributed by atoms with Gasteiger partial charge >= 0.3 is 0 Å². The Balaban J connectivity index is 1.68. The third kappa shape index (κ3) is 4.40. The second-order valence-corrected chi connectivity index (χ2v) is 5.97. The van der Waals surface area contributed by atoms with E-state index >= 15 is 0 Å². The number of aromatic nitrogens is 2. The van der Waals surface area contributed by atoms with Crippen LogP contribution in [-0.4, -0.2) is 22.3 Å². The highest BCUT2D eigenvalue weighted by atomic mass is 35.5. The van der Waals surface area contributed by atoms with Gasteiger partial charge in [0, 0.05) is 11.8 Å². The number of nitrogens with one attached hydrogen (secondary N) is 1. The van der Waals surface area contributed by atoms with Crippen molar-refractivity contribution in [3.05, 3.63) is 76.7 Å². The molecule has 26 heavy (non-hydrogen) atoms. The number of hydrogen-bond donors (Lipinski definition) is 1. The number of amides is 1. The van der Waals surface area contributed by atoms with Crippen molar-refractivity contribution in [1.82, 2.24) is 9.78 Å². The number of nitrogens with zero attached hydrogens (tertiary/aromatic N) is 2. The Kier molecular flexibility index (Phi) is 5.53.